The van der Waals surface area contributed by atoms with E-state index in [2.05, 4.69) is 15.1 Å². The number of nitrogens with zero attached hydrogens (tertiary/aromatic N) is 4. The van der Waals surface area contributed by atoms with Gasteiger partial charge in [-0.05, 0) is 19.9 Å². The molecule has 0 aliphatic carbocycles. The fourth-order valence-electron chi connectivity index (χ4n) is 1.59. The van der Waals surface area contributed by atoms with Crippen molar-refractivity contribution in [1.29, 1.82) is 0 Å². The van der Waals surface area contributed by atoms with Crippen molar-refractivity contribution in [3.05, 3.63) is 36.0 Å². The van der Waals surface area contributed by atoms with Gasteiger partial charge in [-0.1, -0.05) is 0 Å². The molecular formula is C10H13N5. The van der Waals surface area contributed by atoms with E-state index in [9.17, 15) is 0 Å². The topological polar surface area (TPSA) is 69.6 Å². The van der Waals surface area contributed by atoms with Crippen molar-refractivity contribution in [2.45, 2.75) is 19.9 Å². The van der Waals surface area contributed by atoms with Crippen LogP contribution in [0.2, 0.25) is 0 Å². The molecule has 5 nitrogen and oxygen atoms in total. The van der Waals surface area contributed by atoms with Crippen LogP contribution >= 0.6 is 0 Å². The first-order valence-corrected chi connectivity index (χ1v) is 4.76. The van der Waals surface area contributed by atoms with Gasteiger partial charge in [0.15, 0.2) is 0 Å². The van der Waals surface area contributed by atoms with Gasteiger partial charge in [0.25, 0.3) is 0 Å². The van der Waals surface area contributed by atoms with E-state index in [0.29, 0.717) is 5.82 Å². The van der Waals surface area contributed by atoms with Crippen molar-refractivity contribution in [3.8, 4) is 0 Å². The number of nitrogen functional groups attached to an aromatic ring is 1. The van der Waals surface area contributed by atoms with E-state index in [4.69, 9.17) is 5.73 Å². The molecule has 2 aromatic heterocycles. The molecule has 2 N–H and O–H groups in total. The van der Waals surface area contributed by atoms with Crippen molar-refractivity contribution in [3.63, 3.8) is 0 Å². The third kappa shape index (κ3) is 1.68. The first-order valence-electron chi connectivity index (χ1n) is 4.76. The quantitative estimate of drug-likeness (QED) is 0.795. The van der Waals surface area contributed by atoms with Crippen LogP contribution in [-0.4, -0.2) is 19.7 Å². The SMILES string of the molecule is Cc1nccnc1C(C)n1nccc1N. The zero-order chi connectivity index (χ0) is 10.8. The molecule has 0 aromatic carbocycles. The molecule has 0 amide bonds. The zero-order valence-electron chi connectivity index (χ0n) is 8.75. The maximum Gasteiger partial charge on any atom is 0.122 e. The average molecular weight is 203 g/mol. The molecule has 1 unspecified atom stereocenters. The van der Waals surface area contributed by atoms with Gasteiger partial charge in [-0.25, -0.2) is 4.68 Å². The fraction of sp³-hybridized carbons (Fsp3) is 0.300. The van der Waals surface area contributed by atoms with Crippen LogP contribution in [0.15, 0.2) is 24.7 Å². The van der Waals surface area contributed by atoms with Crippen LogP contribution in [0.25, 0.3) is 0 Å². The maximum atomic E-state index is 5.78. The van der Waals surface area contributed by atoms with Gasteiger partial charge in [0.1, 0.15) is 5.82 Å². The minimum Gasteiger partial charge on any atom is -0.384 e. The second kappa shape index (κ2) is 3.68. The highest BCUT2D eigenvalue weighted by molar-refractivity contribution is 5.29. The molecule has 0 fully saturated rings. The van der Waals surface area contributed by atoms with Gasteiger partial charge in [0.05, 0.1) is 23.6 Å². The molecule has 0 radical (unpaired) electrons. The van der Waals surface area contributed by atoms with Gasteiger partial charge in [-0.15, -0.1) is 0 Å². The van der Waals surface area contributed by atoms with Crippen LogP contribution in [0.4, 0.5) is 5.82 Å². The fourth-order valence-corrected chi connectivity index (χ4v) is 1.59. The summed E-state index contributed by atoms with van der Waals surface area (Å²) in [7, 11) is 0. The van der Waals surface area contributed by atoms with Gasteiger partial charge in [-0.3, -0.25) is 9.97 Å². The molecule has 1 atom stereocenters. The molecule has 78 valence electrons. The summed E-state index contributed by atoms with van der Waals surface area (Å²) < 4.78 is 1.73. The Labute approximate surface area is 88.0 Å². The Morgan fingerprint density at radius 2 is 2.00 bits per heavy atom. The van der Waals surface area contributed by atoms with Gasteiger partial charge in [0.2, 0.25) is 0 Å². The lowest BCUT2D eigenvalue weighted by Gasteiger charge is -2.14. The molecule has 0 aliphatic rings. The summed E-state index contributed by atoms with van der Waals surface area (Å²) in [4.78, 5) is 8.49. The highest BCUT2D eigenvalue weighted by Crippen LogP contribution is 2.19. The summed E-state index contributed by atoms with van der Waals surface area (Å²) in [5.74, 6) is 0.632. The van der Waals surface area contributed by atoms with Crippen LogP contribution in [0.5, 0.6) is 0 Å². The first kappa shape index (κ1) is 9.64. The predicted molar refractivity (Wildman–Crippen MR) is 57.2 cm³/mol. The second-order valence-electron chi connectivity index (χ2n) is 3.40. The Bertz CT molecular complexity index is 462. The maximum absolute atomic E-state index is 5.78. The number of hydrogen-bond donors (Lipinski definition) is 1. The molecular weight excluding hydrogens is 190 g/mol. The Balaban J connectivity index is 2.41. The van der Waals surface area contributed by atoms with E-state index in [0.717, 1.165) is 11.4 Å². The van der Waals surface area contributed by atoms with Crippen LogP contribution < -0.4 is 5.73 Å². The number of aryl methyl sites for hydroxylation is 1. The van der Waals surface area contributed by atoms with Crippen molar-refractivity contribution in [1.82, 2.24) is 19.7 Å². The van der Waals surface area contributed by atoms with E-state index < -0.39 is 0 Å². The summed E-state index contributed by atoms with van der Waals surface area (Å²) in [6.45, 7) is 3.93. The van der Waals surface area contributed by atoms with E-state index >= 15 is 0 Å². The Kier molecular flexibility index (Phi) is 2.37. The van der Waals surface area contributed by atoms with Gasteiger partial charge >= 0.3 is 0 Å². The Morgan fingerprint density at radius 1 is 1.27 bits per heavy atom. The number of rotatable bonds is 2. The molecule has 0 spiro atoms. The standard InChI is InChI=1S/C10H13N5/c1-7-10(13-6-5-12-7)8(2)15-9(11)3-4-14-15/h3-6,8H,11H2,1-2H3. The second-order valence-corrected chi connectivity index (χ2v) is 3.40. The molecule has 2 rings (SSSR count). The number of hydrogen-bond acceptors (Lipinski definition) is 4. The molecule has 0 saturated heterocycles. The smallest absolute Gasteiger partial charge is 0.122 e. The van der Waals surface area contributed by atoms with Crippen molar-refractivity contribution in [2.24, 2.45) is 0 Å². The lowest BCUT2D eigenvalue weighted by Crippen LogP contribution is -2.14. The molecule has 0 bridgehead atoms. The van der Waals surface area contributed by atoms with Crippen molar-refractivity contribution in [2.75, 3.05) is 5.73 Å². The highest BCUT2D eigenvalue weighted by atomic mass is 15.3. The van der Waals surface area contributed by atoms with Crippen LogP contribution in [0.1, 0.15) is 24.4 Å². The van der Waals surface area contributed by atoms with Crippen molar-refractivity contribution < 1.29 is 0 Å². The molecule has 2 aromatic rings. The van der Waals surface area contributed by atoms with E-state index in [1.54, 1.807) is 29.3 Å². The Hall–Kier alpha value is -1.91. The van der Waals surface area contributed by atoms with Gasteiger partial charge in [0, 0.05) is 12.4 Å². The van der Waals surface area contributed by atoms with Crippen LogP contribution in [-0.2, 0) is 0 Å². The Morgan fingerprint density at radius 3 is 2.60 bits per heavy atom. The predicted octanol–water partition coefficient (Wildman–Crippen LogP) is 1.17. The third-order valence-electron chi connectivity index (χ3n) is 2.38. The van der Waals surface area contributed by atoms with E-state index in [1.165, 1.54) is 0 Å². The molecule has 15 heavy (non-hydrogen) atoms. The van der Waals surface area contributed by atoms with Crippen molar-refractivity contribution >= 4 is 5.82 Å². The lowest BCUT2D eigenvalue weighted by molar-refractivity contribution is 0.553. The molecule has 0 aliphatic heterocycles. The molecule has 0 saturated carbocycles. The lowest BCUT2D eigenvalue weighted by atomic mass is 10.2. The normalized spacial score (nSPS) is 12.7. The summed E-state index contributed by atoms with van der Waals surface area (Å²) in [6, 6.07) is 1.77. The number of anilines is 1. The minimum absolute atomic E-state index is 0.00806. The van der Waals surface area contributed by atoms with Gasteiger partial charge in [-0.2, -0.15) is 5.10 Å². The average Bonchev–Trinajstić information content (AvgIpc) is 2.64. The summed E-state index contributed by atoms with van der Waals surface area (Å²) >= 11 is 0. The third-order valence-corrected chi connectivity index (χ3v) is 2.38. The van der Waals surface area contributed by atoms with E-state index in [-0.39, 0.29) is 6.04 Å². The minimum atomic E-state index is 0.00806. The summed E-state index contributed by atoms with van der Waals surface area (Å²) in [5.41, 5.74) is 7.58. The van der Waals surface area contributed by atoms with Crippen LogP contribution in [0.3, 0.4) is 0 Å². The molecule has 5 heteroatoms. The number of aromatic nitrogens is 4. The number of nitrogens with two attached hydrogens (primary N) is 1. The summed E-state index contributed by atoms with van der Waals surface area (Å²) in [5, 5.41) is 4.16. The monoisotopic (exact) mass is 203 g/mol. The zero-order valence-corrected chi connectivity index (χ0v) is 8.75. The van der Waals surface area contributed by atoms with Crippen LogP contribution in [0, 0.1) is 6.92 Å². The highest BCUT2D eigenvalue weighted by Gasteiger charge is 2.14. The molecule has 2 heterocycles. The van der Waals surface area contributed by atoms with E-state index in [1.807, 2.05) is 13.8 Å². The largest absolute Gasteiger partial charge is 0.384 e. The first-order chi connectivity index (χ1) is 7.20. The van der Waals surface area contributed by atoms with Gasteiger partial charge < -0.3 is 5.73 Å². The summed E-state index contributed by atoms with van der Waals surface area (Å²) in [6.07, 6.45) is 5.04.